The van der Waals surface area contributed by atoms with Gasteiger partial charge in [-0.3, -0.25) is 4.98 Å². The van der Waals surface area contributed by atoms with Gasteiger partial charge in [0.15, 0.2) is 0 Å². The molecule has 0 aliphatic rings. The molecule has 70 valence electrons. The van der Waals surface area contributed by atoms with Gasteiger partial charge in [-0.1, -0.05) is 11.2 Å². The van der Waals surface area contributed by atoms with Gasteiger partial charge in [0, 0.05) is 12.6 Å². The van der Waals surface area contributed by atoms with Gasteiger partial charge in [-0.15, -0.1) is 0 Å². The van der Waals surface area contributed by atoms with Gasteiger partial charge in [0.2, 0.25) is 0 Å². The van der Waals surface area contributed by atoms with Gasteiger partial charge >= 0.3 is 0 Å². The first-order chi connectivity index (χ1) is 6.24. The van der Waals surface area contributed by atoms with E-state index in [1.54, 1.807) is 31.3 Å². The number of aromatic nitrogens is 1. The van der Waals surface area contributed by atoms with Crippen molar-refractivity contribution in [2.45, 2.75) is 19.4 Å². The Hall–Kier alpha value is -1.42. The minimum Gasteiger partial charge on any atom is -0.411 e. The number of oxime groups is 1. The fourth-order valence-electron chi connectivity index (χ4n) is 0.998. The van der Waals surface area contributed by atoms with Crippen LogP contribution in [-0.4, -0.2) is 21.0 Å². The van der Waals surface area contributed by atoms with Crippen LogP contribution in [-0.2, 0) is 0 Å². The summed E-state index contributed by atoms with van der Waals surface area (Å²) in [4.78, 5) is 3.98. The highest BCUT2D eigenvalue weighted by Crippen LogP contribution is 2.13. The molecule has 0 aliphatic carbocycles. The third-order valence-corrected chi connectivity index (χ3v) is 1.69. The van der Waals surface area contributed by atoms with E-state index in [0.29, 0.717) is 17.8 Å². The Balaban J connectivity index is 2.64. The zero-order valence-corrected chi connectivity index (χ0v) is 7.38. The second-order valence-corrected chi connectivity index (χ2v) is 2.81. The standard InChI is InChI=1S/C9H12N2O2/c1-7(11-13)6-9(12)8-4-2-3-5-10-8/h2-5,9,12-13H,6H2,1H3/b11-7+. The fourth-order valence-corrected chi connectivity index (χ4v) is 0.998. The van der Waals surface area contributed by atoms with E-state index >= 15 is 0 Å². The van der Waals surface area contributed by atoms with E-state index in [-0.39, 0.29) is 0 Å². The van der Waals surface area contributed by atoms with Crippen molar-refractivity contribution in [3.05, 3.63) is 30.1 Å². The monoisotopic (exact) mass is 180 g/mol. The van der Waals surface area contributed by atoms with Crippen LogP contribution in [0.1, 0.15) is 25.1 Å². The summed E-state index contributed by atoms with van der Waals surface area (Å²) in [6.07, 6.45) is 1.22. The minimum absolute atomic E-state index is 0.299. The summed E-state index contributed by atoms with van der Waals surface area (Å²) in [5.41, 5.74) is 1.07. The SMILES string of the molecule is C/C(CC(O)c1ccccn1)=N\O. The zero-order valence-electron chi connectivity index (χ0n) is 7.38. The van der Waals surface area contributed by atoms with Crippen molar-refractivity contribution >= 4 is 5.71 Å². The quantitative estimate of drug-likeness (QED) is 0.419. The average molecular weight is 180 g/mol. The Kier molecular flexibility index (Phi) is 3.40. The summed E-state index contributed by atoms with van der Waals surface area (Å²) in [6.45, 7) is 1.64. The second-order valence-electron chi connectivity index (χ2n) is 2.81. The van der Waals surface area contributed by atoms with Crippen LogP contribution < -0.4 is 0 Å². The van der Waals surface area contributed by atoms with Crippen LogP contribution in [0, 0.1) is 0 Å². The van der Waals surface area contributed by atoms with Crippen molar-refractivity contribution in [3.8, 4) is 0 Å². The highest BCUT2D eigenvalue weighted by Gasteiger charge is 2.09. The van der Waals surface area contributed by atoms with Gasteiger partial charge in [0.05, 0.1) is 11.4 Å². The van der Waals surface area contributed by atoms with Crippen molar-refractivity contribution < 1.29 is 10.3 Å². The first kappa shape index (κ1) is 9.67. The molecule has 0 saturated carbocycles. The van der Waals surface area contributed by atoms with Crippen LogP contribution in [0.25, 0.3) is 0 Å². The molecule has 0 saturated heterocycles. The number of hydrogen-bond acceptors (Lipinski definition) is 4. The maximum Gasteiger partial charge on any atom is 0.101 e. The van der Waals surface area contributed by atoms with Crippen molar-refractivity contribution in [1.29, 1.82) is 0 Å². The molecule has 4 nitrogen and oxygen atoms in total. The molecule has 1 aromatic rings. The molecule has 1 aromatic heterocycles. The van der Waals surface area contributed by atoms with E-state index in [1.165, 1.54) is 0 Å². The molecule has 1 atom stereocenters. The van der Waals surface area contributed by atoms with Crippen LogP contribution >= 0.6 is 0 Å². The second kappa shape index (κ2) is 4.57. The number of nitrogens with zero attached hydrogens (tertiary/aromatic N) is 2. The topological polar surface area (TPSA) is 65.7 Å². The average Bonchev–Trinajstić information content (AvgIpc) is 2.19. The molecule has 13 heavy (non-hydrogen) atoms. The highest BCUT2D eigenvalue weighted by atomic mass is 16.4. The van der Waals surface area contributed by atoms with Crippen molar-refractivity contribution in [3.63, 3.8) is 0 Å². The van der Waals surface area contributed by atoms with Gasteiger partial charge in [0.1, 0.15) is 6.10 Å². The van der Waals surface area contributed by atoms with Crippen LogP contribution in [0.5, 0.6) is 0 Å². The fraction of sp³-hybridized carbons (Fsp3) is 0.333. The summed E-state index contributed by atoms with van der Waals surface area (Å²) < 4.78 is 0. The van der Waals surface area contributed by atoms with Crippen molar-refractivity contribution in [2.24, 2.45) is 5.16 Å². The van der Waals surface area contributed by atoms with Gasteiger partial charge in [0.25, 0.3) is 0 Å². The largest absolute Gasteiger partial charge is 0.411 e. The van der Waals surface area contributed by atoms with E-state index in [0.717, 1.165) is 0 Å². The Morgan fingerprint density at radius 3 is 2.92 bits per heavy atom. The Labute approximate surface area is 76.5 Å². The number of rotatable bonds is 3. The lowest BCUT2D eigenvalue weighted by Gasteiger charge is -2.07. The normalized spacial score (nSPS) is 14.2. The molecule has 0 aliphatic heterocycles. The molecule has 1 unspecified atom stereocenters. The predicted octanol–water partition coefficient (Wildman–Crippen LogP) is 1.36. The van der Waals surface area contributed by atoms with Crippen LogP contribution in [0.4, 0.5) is 0 Å². The molecular weight excluding hydrogens is 168 g/mol. The molecule has 0 radical (unpaired) electrons. The summed E-state index contributed by atoms with van der Waals surface area (Å²) in [5, 5.41) is 20.9. The molecule has 0 spiro atoms. The van der Waals surface area contributed by atoms with Crippen molar-refractivity contribution in [1.82, 2.24) is 4.98 Å². The van der Waals surface area contributed by atoms with Gasteiger partial charge in [-0.05, 0) is 19.1 Å². The molecule has 0 amide bonds. The molecule has 4 heteroatoms. The van der Waals surface area contributed by atoms with Gasteiger partial charge in [-0.25, -0.2) is 0 Å². The van der Waals surface area contributed by atoms with Crippen LogP contribution in [0.15, 0.2) is 29.6 Å². The Morgan fingerprint density at radius 2 is 2.38 bits per heavy atom. The number of aliphatic hydroxyl groups is 1. The molecule has 1 rings (SSSR count). The van der Waals surface area contributed by atoms with Gasteiger partial charge < -0.3 is 10.3 Å². The third kappa shape index (κ3) is 2.83. The van der Waals surface area contributed by atoms with E-state index in [4.69, 9.17) is 5.21 Å². The summed E-state index contributed by atoms with van der Waals surface area (Å²) in [6, 6.07) is 5.31. The molecule has 1 heterocycles. The lowest BCUT2D eigenvalue weighted by atomic mass is 10.1. The van der Waals surface area contributed by atoms with Crippen molar-refractivity contribution in [2.75, 3.05) is 0 Å². The first-order valence-electron chi connectivity index (χ1n) is 4.00. The van der Waals surface area contributed by atoms with Crippen LogP contribution in [0.2, 0.25) is 0 Å². The number of hydrogen-bond donors (Lipinski definition) is 2. The maximum atomic E-state index is 9.57. The van der Waals surface area contributed by atoms with E-state index in [9.17, 15) is 5.11 Å². The molecule has 0 fully saturated rings. The smallest absolute Gasteiger partial charge is 0.101 e. The minimum atomic E-state index is -0.697. The Bertz CT molecular complexity index is 285. The number of pyridine rings is 1. The summed E-state index contributed by atoms with van der Waals surface area (Å²) in [7, 11) is 0. The highest BCUT2D eigenvalue weighted by molar-refractivity contribution is 5.81. The molecular formula is C9H12N2O2. The summed E-state index contributed by atoms with van der Waals surface area (Å²) >= 11 is 0. The lowest BCUT2D eigenvalue weighted by molar-refractivity contribution is 0.179. The third-order valence-electron chi connectivity index (χ3n) is 1.69. The molecule has 0 bridgehead atoms. The first-order valence-corrected chi connectivity index (χ1v) is 4.00. The zero-order chi connectivity index (χ0) is 9.68. The summed E-state index contributed by atoms with van der Waals surface area (Å²) in [5.74, 6) is 0. The van der Waals surface area contributed by atoms with Crippen LogP contribution in [0.3, 0.4) is 0 Å². The van der Waals surface area contributed by atoms with E-state index < -0.39 is 6.10 Å². The van der Waals surface area contributed by atoms with Gasteiger partial charge in [-0.2, -0.15) is 0 Å². The maximum absolute atomic E-state index is 9.57. The predicted molar refractivity (Wildman–Crippen MR) is 48.7 cm³/mol. The Morgan fingerprint density at radius 1 is 1.62 bits per heavy atom. The lowest BCUT2D eigenvalue weighted by Crippen LogP contribution is -2.05. The molecule has 0 aromatic carbocycles. The van der Waals surface area contributed by atoms with E-state index in [1.807, 2.05) is 0 Å². The number of aliphatic hydroxyl groups excluding tert-OH is 1. The van der Waals surface area contributed by atoms with E-state index in [2.05, 4.69) is 10.1 Å². The molecule has 2 N–H and O–H groups in total.